The maximum absolute atomic E-state index is 10.8. The third-order valence-corrected chi connectivity index (χ3v) is 3.47. The van der Waals surface area contributed by atoms with Gasteiger partial charge in [0.25, 0.3) is 0 Å². The van der Waals surface area contributed by atoms with Gasteiger partial charge in [0.1, 0.15) is 17.5 Å². The van der Waals surface area contributed by atoms with E-state index in [-0.39, 0.29) is 23.9 Å². The van der Waals surface area contributed by atoms with Crippen molar-refractivity contribution in [2.24, 2.45) is 11.8 Å². The van der Waals surface area contributed by atoms with Crippen LogP contribution in [0.1, 0.15) is 66.7 Å². The van der Waals surface area contributed by atoms with Crippen LogP contribution in [0, 0.1) is 11.8 Å². The van der Waals surface area contributed by atoms with Crippen LogP contribution in [-0.2, 0) is 23.9 Å². The highest BCUT2D eigenvalue weighted by Crippen LogP contribution is 2.10. The molecule has 0 heterocycles. The van der Waals surface area contributed by atoms with Gasteiger partial charge in [0, 0.05) is 12.3 Å². The van der Waals surface area contributed by atoms with Gasteiger partial charge < -0.3 is 9.84 Å². The first kappa shape index (κ1) is 23.5. The van der Waals surface area contributed by atoms with Crippen molar-refractivity contribution in [3.05, 3.63) is 0 Å². The van der Waals surface area contributed by atoms with Gasteiger partial charge in [-0.2, -0.15) is 0 Å². The predicted octanol–water partition coefficient (Wildman–Crippen LogP) is 3.02. The smallest absolute Gasteiger partial charge is 0.316 e. The first-order valence-corrected chi connectivity index (χ1v) is 8.02. The summed E-state index contributed by atoms with van der Waals surface area (Å²) in [5, 5.41) is 8.36. The number of carboxylic acids is 1. The fourth-order valence-electron chi connectivity index (χ4n) is 1.54. The van der Waals surface area contributed by atoms with Gasteiger partial charge in [0.15, 0.2) is 0 Å². The molecule has 0 bridgehead atoms. The standard InChI is InChI=1S/C10H18O3.C7H12O3/c1-8(9(2)11)6-4-3-5-7-10(12)13;1-4-10-7(9)5(2)6(3)8/h8H,3-7H2,1-2H3,(H,12,13);5H,4H2,1-3H3. The fourth-order valence-corrected chi connectivity index (χ4v) is 1.54. The molecule has 0 aliphatic rings. The van der Waals surface area contributed by atoms with Crippen molar-refractivity contribution in [1.82, 2.24) is 0 Å². The minimum absolute atomic E-state index is 0.129. The molecule has 134 valence electrons. The number of carbonyl (C=O) groups is 4. The van der Waals surface area contributed by atoms with Crippen molar-refractivity contribution in [1.29, 1.82) is 0 Å². The second-order valence-corrected chi connectivity index (χ2v) is 5.59. The summed E-state index contributed by atoms with van der Waals surface area (Å²) in [5.74, 6) is -1.59. The van der Waals surface area contributed by atoms with Crippen LogP contribution >= 0.6 is 0 Å². The first-order chi connectivity index (χ1) is 10.6. The van der Waals surface area contributed by atoms with Gasteiger partial charge in [-0.15, -0.1) is 0 Å². The Balaban J connectivity index is 0. The lowest BCUT2D eigenvalue weighted by Crippen LogP contribution is -2.20. The lowest BCUT2D eigenvalue weighted by atomic mass is 9.99. The van der Waals surface area contributed by atoms with E-state index in [2.05, 4.69) is 4.74 Å². The van der Waals surface area contributed by atoms with E-state index in [4.69, 9.17) is 5.11 Å². The van der Waals surface area contributed by atoms with Crippen LogP contribution in [-0.4, -0.2) is 35.2 Å². The summed E-state index contributed by atoms with van der Waals surface area (Å²) < 4.78 is 4.61. The molecule has 6 nitrogen and oxygen atoms in total. The third kappa shape index (κ3) is 15.0. The highest BCUT2D eigenvalue weighted by molar-refractivity contribution is 5.97. The average Bonchev–Trinajstić information content (AvgIpc) is 2.46. The zero-order chi connectivity index (χ0) is 18.4. The van der Waals surface area contributed by atoms with Crippen molar-refractivity contribution >= 4 is 23.5 Å². The number of carbonyl (C=O) groups excluding carboxylic acids is 3. The Labute approximate surface area is 138 Å². The van der Waals surface area contributed by atoms with Crippen molar-refractivity contribution in [3.8, 4) is 0 Å². The number of ketones is 2. The molecule has 0 amide bonds. The fraction of sp³-hybridized carbons (Fsp3) is 0.765. The van der Waals surface area contributed by atoms with Gasteiger partial charge in [-0.1, -0.05) is 19.8 Å². The highest BCUT2D eigenvalue weighted by atomic mass is 16.5. The SMILES string of the molecule is CC(=O)C(C)CCCCCC(=O)O.CCOC(=O)C(C)C(C)=O. The molecular weight excluding hydrogens is 300 g/mol. The van der Waals surface area contributed by atoms with Crippen LogP contribution in [0.2, 0.25) is 0 Å². The summed E-state index contributed by atoms with van der Waals surface area (Å²) in [6.45, 7) is 8.48. The number of ether oxygens (including phenoxy) is 1. The highest BCUT2D eigenvalue weighted by Gasteiger charge is 2.17. The number of unbranched alkanes of at least 4 members (excludes halogenated alkanes) is 2. The van der Waals surface area contributed by atoms with Crippen LogP contribution in [0.25, 0.3) is 0 Å². The Morgan fingerprint density at radius 1 is 0.957 bits per heavy atom. The molecule has 23 heavy (non-hydrogen) atoms. The number of hydrogen-bond donors (Lipinski definition) is 1. The molecule has 0 aliphatic carbocycles. The molecule has 0 saturated carbocycles. The largest absolute Gasteiger partial charge is 0.481 e. The minimum Gasteiger partial charge on any atom is -0.481 e. The third-order valence-electron chi connectivity index (χ3n) is 3.47. The maximum Gasteiger partial charge on any atom is 0.316 e. The molecule has 1 N–H and O–H groups in total. The molecule has 2 atom stereocenters. The molecule has 0 aromatic rings. The molecular formula is C17H30O6. The van der Waals surface area contributed by atoms with Crippen molar-refractivity contribution in [2.45, 2.75) is 66.7 Å². The summed E-state index contributed by atoms with van der Waals surface area (Å²) in [6, 6.07) is 0. The second kappa shape index (κ2) is 13.9. The summed E-state index contributed by atoms with van der Waals surface area (Å²) in [7, 11) is 0. The number of rotatable bonds is 10. The van der Waals surface area contributed by atoms with Crippen molar-refractivity contribution in [2.75, 3.05) is 6.61 Å². The molecule has 0 fully saturated rings. The Kier molecular flexibility index (Phi) is 14.2. The van der Waals surface area contributed by atoms with Crippen molar-refractivity contribution in [3.63, 3.8) is 0 Å². The van der Waals surface area contributed by atoms with E-state index in [0.717, 1.165) is 25.7 Å². The van der Waals surface area contributed by atoms with Crippen molar-refractivity contribution < 1.29 is 29.0 Å². The van der Waals surface area contributed by atoms with Crippen LogP contribution < -0.4 is 0 Å². The average molecular weight is 330 g/mol. The van der Waals surface area contributed by atoms with Crippen LogP contribution in [0.4, 0.5) is 0 Å². The summed E-state index contributed by atoms with van der Waals surface area (Å²) in [5.41, 5.74) is 0. The Morgan fingerprint density at radius 2 is 1.52 bits per heavy atom. The molecule has 0 aromatic carbocycles. The van der Waals surface area contributed by atoms with Gasteiger partial charge in [0.2, 0.25) is 0 Å². The summed E-state index contributed by atoms with van der Waals surface area (Å²) in [6.07, 6.45) is 3.71. The zero-order valence-electron chi connectivity index (χ0n) is 14.9. The Hall–Kier alpha value is -1.72. The van der Waals surface area contributed by atoms with E-state index in [0.29, 0.717) is 6.61 Å². The molecule has 0 saturated heterocycles. The lowest BCUT2D eigenvalue weighted by molar-refractivity contribution is -0.150. The van der Waals surface area contributed by atoms with E-state index in [1.54, 1.807) is 20.8 Å². The quantitative estimate of drug-likeness (QED) is 0.375. The topological polar surface area (TPSA) is 97.7 Å². The summed E-state index contributed by atoms with van der Waals surface area (Å²) in [4.78, 5) is 42.3. The lowest BCUT2D eigenvalue weighted by Gasteiger charge is -2.05. The molecule has 0 aliphatic heterocycles. The molecule has 0 radical (unpaired) electrons. The predicted molar refractivity (Wildman–Crippen MR) is 87.0 cm³/mol. The number of esters is 1. The second-order valence-electron chi connectivity index (χ2n) is 5.59. The van der Waals surface area contributed by atoms with Gasteiger partial charge >= 0.3 is 11.9 Å². The van der Waals surface area contributed by atoms with Crippen LogP contribution in [0.15, 0.2) is 0 Å². The number of aliphatic carboxylic acids is 1. The zero-order valence-corrected chi connectivity index (χ0v) is 14.9. The number of Topliss-reactive ketones (excluding diaryl/α,β-unsaturated/α-hetero) is 2. The van der Waals surface area contributed by atoms with E-state index in [9.17, 15) is 19.2 Å². The van der Waals surface area contributed by atoms with Gasteiger partial charge in [-0.25, -0.2) is 0 Å². The minimum atomic E-state index is -0.736. The molecule has 0 aromatic heterocycles. The van der Waals surface area contributed by atoms with Gasteiger partial charge in [0.05, 0.1) is 6.61 Å². The van der Waals surface area contributed by atoms with Crippen LogP contribution in [0.5, 0.6) is 0 Å². The van der Waals surface area contributed by atoms with Gasteiger partial charge in [-0.3, -0.25) is 19.2 Å². The molecule has 0 spiro atoms. The van der Waals surface area contributed by atoms with E-state index >= 15 is 0 Å². The maximum atomic E-state index is 10.8. The van der Waals surface area contributed by atoms with E-state index in [1.807, 2.05) is 6.92 Å². The van der Waals surface area contributed by atoms with Gasteiger partial charge in [-0.05, 0) is 40.5 Å². The van der Waals surface area contributed by atoms with Crippen LogP contribution in [0.3, 0.4) is 0 Å². The monoisotopic (exact) mass is 330 g/mol. The van der Waals surface area contributed by atoms with E-state index in [1.165, 1.54) is 6.92 Å². The number of hydrogen-bond acceptors (Lipinski definition) is 5. The van der Waals surface area contributed by atoms with E-state index < -0.39 is 17.9 Å². The normalized spacial score (nSPS) is 12.4. The molecule has 0 rings (SSSR count). The molecule has 6 heteroatoms. The molecule has 2 unspecified atom stereocenters. The number of carboxylic acid groups (broad SMARTS) is 1. The summed E-state index contributed by atoms with van der Waals surface area (Å²) >= 11 is 0. The first-order valence-electron chi connectivity index (χ1n) is 8.02. The Bertz CT molecular complexity index is 389. The Morgan fingerprint density at radius 3 is 1.91 bits per heavy atom.